The third-order valence-electron chi connectivity index (χ3n) is 5.77. The quantitative estimate of drug-likeness (QED) is 0.708. The van der Waals surface area contributed by atoms with Crippen LogP contribution in [0.15, 0.2) is 9.85 Å². The minimum Gasteiger partial charge on any atom is -0.477 e. The number of carbonyl (C=O) groups excluding carboxylic acids is 1. The van der Waals surface area contributed by atoms with Crippen LogP contribution in [0.2, 0.25) is 0 Å². The summed E-state index contributed by atoms with van der Waals surface area (Å²) in [6.07, 6.45) is 6.27. The molecule has 7 heteroatoms. The molecule has 144 valence electrons. The number of hydrogen-bond donors (Lipinski definition) is 2. The molecule has 0 aromatic carbocycles. The SMILES string of the molecule is C[C@H]1CC[C@H](C(=O)N(c2cc(Br)sc2C(=O)O)[C@H]2CC[C@H](O)CC2)CC1. The molecule has 3 rings (SSSR count). The van der Waals surface area contributed by atoms with Crippen molar-refractivity contribution in [3.63, 3.8) is 0 Å². The molecule has 2 fully saturated rings. The van der Waals surface area contributed by atoms with Crippen LogP contribution in [-0.2, 0) is 4.79 Å². The fourth-order valence-electron chi connectivity index (χ4n) is 4.20. The average molecular weight is 444 g/mol. The average Bonchev–Trinajstić information content (AvgIpc) is 2.99. The molecule has 5 nitrogen and oxygen atoms in total. The largest absolute Gasteiger partial charge is 0.477 e. The minimum absolute atomic E-state index is 0.0293. The van der Waals surface area contributed by atoms with Crippen LogP contribution in [0.25, 0.3) is 0 Å². The summed E-state index contributed by atoms with van der Waals surface area (Å²) in [6.45, 7) is 2.22. The zero-order valence-electron chi connectivity index (χ0n) is 15.0. The molecule has 2 saturated carbocycles. The summed E-state index contributed by atoms with van der Waals surface area (Å²) in [4.78, 5) is 27.1. The zero-order chi connectivity index (χ0) is 18.8. The molecule has 0 radical (unpaired) electrons. The van der Waals surface area contributed by atoms with Gasteiger partial charge in [-0.05, 0) is 79.3 Å². The van der Waals surface area contributed by atoms with Crippen molar-refractivity contribution in [2.24, 2.45) is 11.8 Å². The van der Waals surface area contributed by atoms with Gasteiger partial charge in [-0.25, -0.2) is 4.79 Å². The van der Waals surface area contributed by atoms with E-state index < -0.39 is 5.97 Å². The van der Waals surface area contributed by atoms with Gasteiger partial charge >= 0.3 is 5.97 Å². The number of amides is 1. The highest BCUT2D eigenvalue weighted by Gasteiger charge is 2.37. The third-order valence-corrected chi connectivity index (χ3v) is 7.39. The van der Waals surface area contributed by atoms with E-state index in [9.17, 15) is 19.8 Å². The Balaban J connectivity index is 1.92. The van der Waals surface area contributed by atoms with Gasteiger partial charge in [-0.1, -0.05) is 6.92 Å². The molecule has 2 N–H and O–H groups in total. The maximum absolute atomic E-state index is 13.4. The van der Waals surface area contributed by atoms with Gasteiger partial charge in [-0.3, -0.25) is 4.79 Å². The number of aromatic carboxylic acids is 1. The van der Waals surface area contributed by atoms with E-state index in [0.717, 1.165) is 40.8 Å². The Kier molecular flexibility index (Phi) is 6.41. The van der Waals surface area contributed by atoms with Crippen molar-refractivity contribution < 1.29 is 19.8 Å². The first-order chi connectivity index (χ1) is 12.4. The third kappa shape index (κ3) is 4.31. The van der Waals surface area contributed by atoms with Crippen LogP contribution in [0.5, 0.6) is 0 Å². The fourth-order valence-corrected chi connectivity index (χ4v) is 5.62. The number of hydrogen-bond acceptors (Lipinski definition) is 4. The number of rotatable bonds is 4. The second-order valence-corrected chi connectivity index (χ2v) is 10.1. The number of anilines is 1. The lowest BCUT2D eigenvalue weighted by atomic mass is 9.81. The van der Waals surface area contributed by atoms with E-state index in [0.29, 0.717) is 37.3 Å². The second-order valence-electron chi connectivity index (χ2n) is 7.70. The van der Waals surface area contributed by atoms with Crippen molar-refractivity contribution >= 4 is 44.8 Å². The normalized spacial score (nSPS) is 29.3. The molecule has 26 heavy (non-hydrogen) atoms. The van der Waals surface area contributed by atoms with Crippen molar-refractivity contribution in [2.75, 3.05) is 4.90 Å². The van der Waals surface area contributed by atoms with Crippen molar-refractivity contribution in [1.29, 1.82) is 0 Å². The molecule has 1 aromatic rings. The molecule has 0 aliphatic heterocycles. The predicted octanol–water partition coefficient (Wildman–Crippen LogP) is 4.67. The Bertz CT molecular complexity index is 660. The molecule has 0 atom stereocenters. The van der Waals surface area contributed by atoms with E-state index in [2.05, 4.69) is 22.9 Å². The van der Waals surface area contributed by atoms with Gasteiger partial charge in [0, 0.05) is 12.0 Å². The fraction of sp³-hybridized carbons (Fsp3) is 0.684. The number of halogens is 1. The molecule has 0 bridgehead atoms. The standard InChI is InChI=1S/C19H26BrNO4S/c1-11-2-4-12(5-3-11)18(23)21(13-6-8-14(22)9-7-13)15-10-16(20)26-17(15)19(24)25/h10-14,22H,2-9H2,1H3,(H,24,25)/t11-,12-,13-,14-. The minimum atomic E-state index is -0.999. The molecule has 2 aliphatic carbocycles. The first kappa shape index (κ1) is 19.8. The van der Waals surface area contributed by atoms with Gasteiger partial charge in [0.2, 0.25) is 5.91 Å². The lowest BCUT2D eigenvalue weighted by Gasteiger charge is -2.38. The van der Waals surface area contributed by atoms with Crippen molar-refractivity contribution in [1.82, 2.24) is 0 Å². The Morgan fingerprint density at radius 3 is 2.31 bits per heavy atom. The van der Waals surface area contributed by atoms with Crippen LogP contribution < -0.4 is 4.90 Å². The first-order valence-electron chi connectivity index (χ1n) is 9.40. The van der Waals surface area contributed by atoms with E-state index in [1.165, 1.54) is 0 Å². The summed E-state index contributed by atoms with van der Waals surface area (Å²) in [5.74, 6) is -0.312. The number of carboxylic acids is 1. The van der Waals surface area contributed by atoms with E-state index in [4.69, 9.17) is 0 Å². The number of nitrogens with zero attached hydrogens (tertiary/aromatic N) is 1. The van der Waals surface area contributed by atoms with Gasteiger partial charge in [0.15, 0.2) is 0 Å². The van der Waals surface area contributed by atoms with E-state index in [1.807, 2.05) is 0 Å². The van der Waals surface area contributed by atoms with Gasteiger partial charge in [-0.15, -0.1) is 11.3 Å². The van der Waals surface area contributed by atoms with E-state index >= 15 is 0 Å². The maximum atomic E-state index is 13.4. The van der Waals surface area contributed by atoms with Crippen LogP contribution in [0, 0.1) is 11.8 Å². The number of carboxylic acid groups (broad SMARTS) is 1. The summed E-state index contributed by atoms with van der Waals surface area (Å²) in [6, 6.07) is 1.73. The Labute approximate surface area is 166 Å². The Morgan fingerprint density at radius 2 is 1.73 bits per heavy atom. The summed E-state index contributed by atoms with van der Waals surface area (Å²) in [5, 5.41) is 19.4. The highest BCUT2D eigenvalue weighted by Crippen LogP contribution is 2.40. The summed E-state index contributed by atoms with van der Waals surface area (Å²) in [7, 11) is 0. The highest BCUT2D eigenvalue weighted by molar-refractivity contribution is 9.11. The van der Waals surface area contributed by atoms with Crippen LogP contribution >= 0.6 is 27.3 Å². The van der Waals surface area contributed by atoms with Gasteiger partial charge in [-0.2, -0.15) is 0 Å². The van der Waals surface area contributed by atoms with Gasteiger partial charge in [0.25, 0.3) is 0 Å². The zero-order valence-corrected chi connectivity index (χ0v) is 17.4. The topological polar surface area (TPSA) is 77.8 Å². The van der Waals surface area contributed by atoms with E-state index in [-0.39, 0.29) is 28.8 Å². The molecule has 0 spiro atoms. The molecular weight excluding hydrogens is 418 g/mol. The number of carbonyl (C=O) groups is 2. The molecular formula is C19H26BrNO4S. The summed E-state index contributed by atoms with van der Waals surface area (Å²) in [5.41, 5.74) is 0.513. The molecule has 2 aliphatic rings. The van der Waals surface area contributed by atoms with Crippen molar-refractivity contribution in [3.05, 3.63) is 14.7 Å². The van der Waals surface area contributed by atoms with Crippen LogP contribution in [0.1, 0.15) is 68.0 Å². The van der Waals surface area contributed by atoms with E-state index in [1.54, 1.807) is 11.0 Å². The number of thiophene rings is 1. The Hall–Kier alpha value is -0.920. The van der Waals surface area contributed by atoms with Crippen molar-refractivity contribution in [2.45, 2.75) is 70.4 Å². The number of aliphatic hydroxyl groups is 1. The lowest BCUT2D eigenvalue weighted by Crippen LogP contribution is -2.47. The van der Waals surface area contributed by atoms with Crippen LogP contribution in [0.4, 0.5) is 5.69 Å². The maximum Gasteiger partial charge on any atom is 0.348 e. The predicted molar refractivity (Wildman–Crippen MR) is 106 cm³/mol. The summed E-state index contributed by atoms with van der Waals surface area (Å²) < 4.78 is 0.718. The lowest BCUT2D eigenvalue weighted by molar-refractivity contribution is -0.124. The van der Waals surface area contributed by atoms with Crippen molar-refractivity contribution in [3.8, 4) is 0 Å². The molecule has 0 saturated heterocycles. The number of aliphatic hydroxyl groups excluding tert-OH is 1. The molecule has 1 amide bonds. The smallest absolute Gasteiger partial charge is 0.348 e. The Morgan fingerprint density at radius 1 is 1.12 bits per heavy atom. The molecule has 1 aromatic heterocycles. The second kappa shape index (κ2) is 8.40. The monoisotopic (exact) mass is 443 g/mol. The first-order valence-corrected chi connectivity index (χ1v) is 11.0. The van der Waals surface area contributed by atoms with Gasteiger partial charge in [0.05, 0.1) is 15.6 Å². The van der Waals surface area contributed by atoms with Crippen LogP contribution in [-0.4, -0.2) is 34.2 Å². The highest BCUT2D eigenvalue weighted by atomic mass is 79.9. The van der Waals surface area contributed by atoms with Gasteiger partial charge in [0.1, 0.15) is 4.88 Å². The molecule has 0 unspecified atom stereocenters. The summed E-state index contributed by atoms with van der Waals surface area (Å²) >= 11 is 4.54. The van der Waals surface area contributed by atoms with Crippen LogP contribution in [0.3, 0.4) is 0 Å². The van der Waals surface area contributed by atoms with Gasteiger partial charge < -0.3 is 15.1 Å². The molecule has 1 heterocycles.